The maximum atomic E-state index is 11.8. The van der Waals surface area contributed by atoms with Gasteiger partial charge in [0.1, 0.15) is 6.54 Å². The van der Waals surface area contributed by atoms with E-state index in [0.717, 1.165) is 10.9 Å². The van der Waals surface area contributed by atoms with Crippen LogP contribution in [0.5, 0.6) is 0 Å². The van der Waals surface area contributed by atoms with Crippen LogP contribution in [-0.4, -0.2) is 28.1 Å². The van der Waals surface area contributed by atoms with Gasteiger partial charge in [-0.15, -0.1) is 0 Å². The predicted octanol–water partition coefficient (Wildman–Crippen LogP) is 2.11. The van der Waals surface area contributed by atoms with E-state index < -0.39 is 5.97 Å². The Morgan fingerprint density at radius 1 is 1.30 bits per heavy atom. The molecule has 1 aromatic carbocycles. The van der Waals surface area contributed by atoms with Crippen LogP contribution in [0.2, 0.25) is 0 Å². The minimum atomic E-state index is -0.969. The Balaban J connectivity index is 2.19. The Morgan fingerprint density at radius 2 is 2.05 bits per heavy atom. The summed E-state index contributed by atoms with van der Waals surface area (Å²) in [6, 6.07) is 6.78. The molecule has 106 valence electrons. The van der Waals surface area contributed by atoms with Gasteiger partial charge in [-0.25, -0.2) is 4.79 Å². The average molecular weight is 274 g/mol. The lowest BCUT2D eigenvalue weighted by Crippen LogP contribution is -2.30. The van der Waals surface area contributed by atoms with Gasteiger partial charge in [0.15, 0.2) is 0 Å². The zero-order valence-corrected chi connectivity index (χ0v) is 11.6. The third-order valence-electron chi connectivity index (χ3n) is 3.04. The third kappa shape index (κ3) is 3.17. The molecule has 2 rings (SSSR count). The lowest BCUT2D eigenvalue weighted by atomic mass is 10.1. The van der Waals surface area contributed by atoms with Gasteiger partial charge in [-0.3, -0.25) is 4.79 Å². The number of carboxylic acids is 1. The van der Waals surface area contributed by atoms with Crippen molar-refractivity contribution in [3.63, 3.8) is 0 Å². The van der Waals surface area contributed by atoms with Crippen LogP contribution in [0, 0.1) is 5.92 Å². The molecular weight excluding hydrogens is 256 g/mol. The monoisotopic (exact) mass is 274 g/mol. The van der Waals surface area contributed by atoms with Crippen molar-refractivity contribution in [2.45, 2.75) is 20.4 Å². The normalized spacial score (nSPS) is 10.9. The molecule has 0 aliphatic rings. The Bertz CT molecular complexity index is 644. The topological polar surface area (TPSA) is 71.3 Å². The number of hydrogen-bond donors (Lipinski definition) is 2. The SMILES string of the molecule is CC(C)CNC(=O)Cn1ccc2ccc(C(=O)O)cc21. The molecule has 0 bridgehead atoms. The lowest BCUT2D eigenvalue weighted by Gasteiger charge is -2.09. The highest BCUT2D eigenvalue weighted by Crippen LogP contribution is 2.17. The number of carbonyl (C=O) groups excluding carboxylic acids is 1. The quantitative estimate of drug-likeness (QED) is 0.877. The van der Waals surface area contributed by atoms with Crippen LogP contribution in [0.4, 0.5) is 0 Å². The van der Waals surface area contributed by atoms with E-state index in [9.17, 15) is 9.59 Å². The second kappa shape index (κ2) is 5.77. The van der Waals surface area contributed by atoms with Gasteiger partial charge >= 0.3 is 5.97 Å². The summed E-state index contributed by atoms with van der Waals surface area (Å²) in [4.78, 5) is 22.8. The van der Waals surface area contributed by atoms with Crippen LogP contribution in [0.15, 0.2) is 30.5 Å². The average Bonchev–Trinajstić information content (AvgIpc) is 2.79. The van der Waals surface area contributed by atoms with Crippen molar-refractivity contribution < 1.29 is 14.7 Å². The van der Waals surface area contributed by atoms with E-state index in [0.29, 0.717) is 12.5 Å². The third-order valence-corrected chi connectivity index (χ3v) is 3.04. The van der Waals surface area contributed by atoms with Gasteiger partial charge in [0, 0.05) is 18.3 Å². The number of benzene rings is 1. The summed E-state index contributed by atoms with van der Waals surface area (Å²) in [6.07, 6.45) is 1.80. The molecule has 1 amide bonds. The minimum absolute atomic E-state index is 0.0723. The number of carbonyl (C=O) groups is 2. The first-order valence-corrected chi connectivity index (χ1v) is 6.56. The Kier molecular flexibility index (Phi) is 4.08. The maximum absolute atomic E-state index is 11.8. The number of aromatic nitrogens is 1. The van der Waals surface area contributed by atoms with E-state index in [1.54, 1.807) is 29.0 Å². The fourth-order valence-corrected chi connectivity index (χ4v) is 1.98. The summed E-state index contributed by atoms with van der Waals surface area (Å²) in [7, 11) is 0. The van der Waals surface area contributed by atoms with E-state index >= 15 is 0 Å². The molecule has 0 saturated carbocycles. The highest BCUT2D eigenvalue weighted by Gasteiger charge is 2.09. The molecular formula is C15H18N2O3. The van der Waals surface area contributed by atoms with Crippen molar-refractivity contribution in [2.75, 3.05) is 6.54 Å². The number of nitrogens with zero attached hydrogens (tertiary/aromatic N) is 1. The number of rotatable bonds is 5. The molecule has 20 heavy (non-hydrogen) atoms. The molecule has 2 N–H and O–H groups in total. The zero-order chi connectivity index (χ0) is 14.7. The second-order valence-electron chi connectivity index (χ2n) is 5.22. The van der Waals surface area contributed by atoms with Crippen LogP contribution in [-0.2, 0) is 11.3 Å². The molecule has 2 aromatic rings. The predicted molar refractivity (Wildman–Crippen MR) is 76.7 cm³/mol. The van der Waals surface area contributed by atoms with Gasteiger partial charge in [-0.05, 0) is 29.5 Å². The number of carboxylic acid groups (broad SMARTS) is 1. The van der Waals surface area contributed by atoms with Crippen molar-refractivity contribution in [2.24, 2.45) is 5.92 Å². The summed E-state index contributed by atoms with van der Waals surface area (Å²) in [5.74, 6) is -0.639. The number of hydrogen-bond acceptors (Lipinski definition) is 2. The van der Waals surface area contributed by atoms with Crippen molar-refractivity contribution in [3.05, 3.63) is 36.0 Å². The highest BCUT2D eigenvalue weighted by atomic mass is 16.4. The Morgan fingerprint density at radius 3 is 2.70 bits per heavy atom. The smallest absolute Gasteiger partial charge is 0.335 e. The second-order valence-corrected chi connectivity index (χ2v) is 5.22. The van der Waals surface area contributed by atoms with E-state index in [1.807, 2.05) is 19.9 Å². The van der Waals surface area contributed by atoms with E-state index in [1.165, 1.54) is 0 Å². The van der Waals surface area contributed by atoms with Gasteiger partial charge in [0.05, 0.1) is 5.56 Å². The standard InChI is InChI=1S/C15H18N2O3/c1-10(2)8-16-14(18)9-17-6-5-11-3-4-12(15(19)20)7-13(11)17/h3-7,10H,8-9H2,1-2H3,(H,16,18)(H,19,20). The van der Waals surface area contributed by atoms with Crippen molar-refractivity contribution in [1.29, 1.82) is 0 Å². The summed E-state index contributed by atoms with van der Waals surface area (Å²) in [5.41, 5.74) is 0.977. The first-order chi connectivity index (χ1) is 9.47. The molecule has 0 aliphatic heterocycles. The van der Waals surface area contributed by atoms with E-state index in [4.69, 9.17) is 5.11 Å². The van der Waals surface area contributed by atoms with Crippen LogP contribution >= 0.6 is 0 Å². The van der Waals surface area contributed by atoms with Crippen molar-refractivity contribution in [1.82, 2.24) is 9.88 Å². The van der Waals surface area contributed by atoms with Gasteiger partial charge in [0.25, 0.3) is 0 Å². The van der Waals surface area contributed by atoms with Crippen LogP contribution in [0.3, 0.4) is 0 Å². The van der Waals surface area contributed by atoms with Gasteiger partial charge in [-0.2, -0.15) is 0 Å². The largest absolute Gasteiger partial charge is 0.478 e. The molecule has 1 heterocycles. The first-order valence-electron chi connectivity index (χ1n) is 6.56. The van der Waals surface area contributed by atoms with Crippen LogP contribution < -0.4 is 5.32 Å². The van der Waals surface area contributed by atoms with Crippen molar-refractivity contribution in [3.8, 4) is 0 Å². The lowest BCUT2D eigenvalue weighted by molar-refractivity contribution is -0.121. The Hall–Kier alpha value is -2.30. The number of fused-ring (bicyclic) bond motifs is 1. The first kappa shape index (κ1) is 14.1. The summed E-state index contributed by atoms with van der Waals surface area (Å²) in [5, 5.41) is 12.8. The zero-order valence-electron chi connectivity index (χ0n) is 11.6. The molecule has 0 atom stereocenters. The van der Waals surface area contributed by atoms with Crippen molar-refractivity contribution >= 4 is 22.8 Å². The number of amides is 1. The maximum Gasteiger partial charge on any atom is 0.335 e. The molecule has 0 radical (unpaired) electrons. The molecule has 0 spiro atoms. The molecule has 0 aliphatic carbocycles. The van der Waals surface area contributed by atoms with Gasteiger partial charge < -0.3 is 15.0 Å². The fourth-order valence-electron chi connectivity index (χ4n) is 1.98. The molecule has 1 aromatic heterocycles. The Labute approximate surface area is 117 Å². The summed E-state index contributed by atoms with van der Waals surface area (Å²) in [6.45, 7) is 4.90. The van der Waals surface area contributed by atoms with Crippen LogP contribution in [0.1, 0.15) is 24.2 Å². The van der Waals surface area contributed by atoms with E-state index in [-0.39, 0.29) is 18.0 Å². The molecule has 0 saturated heterocycles. The van der Waals surface area contributed by atoms with Gasteiger partial charge in [-0.1, -0.05) is 19.9 Å². The molecule has 5 nitrogen and oxygen atoms in total. The summed E-state index contributed by atoms with van der Waals surface area (Å²) >= 11 is 0. The molecule has 0 unspecified atom stereocenters. The fraction of sp³-hybridized carbons (Fsp3) is 0.333. The van der Waals surface area contributed by atoms with Gasteiger partial charge in [0.2, 0.25) is 5.91 Å². The molecule has 5 heteroatoms. The minimum Gasteiger partial charge on any atom is -0.478 e. The summed E-state index contributed by atoms with van der Waals surface area (Å²) < 4.78 is 1.76. The number of aromatic carboxylic acids is 1. The highest BCUT2D eigenvalue weighted by molar-refractivity contribution is 5.93. The molecule has 0 fully saturated rings. The van der Waals surface area contributed by atoms with Crippen LogP contribution in [0.25, 0.3) is 10.9 Å². The van der Waals surface area contributed by atoms with E-state index in [2.05, 4.69) is 5.32 Å². The number of nitrogens with one attached hydrogen (secondary N) is 1.